The van der Waals surface area contributed by atoms with Crippen molar-refractivity contribution in [2.24, 2.45) is 5.41 Å². The van der Waals surface area contributed by atoms with E-state index >= 15 is 0 Å². The number of piperidine rings is 1. The first kappa shape index (κ1) is 31.8. The van der Waals surface area contributed by atoms with E-state index in [9.17, 15) is 9.90 Å². The molecule has 1 saturated heterocycles. The maximum absolute atomic E-state index is 12.8. The Hall–Kier alpha value is -4.18. The Balaban J connectivity index is 1.44. The average Bonchev–Trinajstić information content (AvgIpc) is 3.47. The maximum atomic E-state index is 12.8. The number of carboxylic acids is 1. The Kier molecular flexibility index (Phi) is 8.21. The van der Waals surface area contributed by atoms with E-state index in [0.717, 1.165) is 78.3 Å². The summed E-state index contributed by atoms with van der Waals surface area (Å²) in [5.41, 5.74) is 8.06. The smallest absolute Gasteiger partial charge is 0.337 e. The standard InChI is InChI=1S/C36H46N6O4/c1-21-27(29(41-17-13-36(6,7)14-18-41)28(22(2)38-21)30(33(43)44)46-35(3,4)5)24-9-10-25-20-42(16-12-23(25)19-24)32-26-11-15-37-31(26)39-34(40-32)45-8/h9-11,15,19,30H,12-14,16-18,20H2,1-8H3,(H,43,44)(H,37,39,40)/t30-/m0/s1. The van der Waals surface area contributed by atoms with Gasteiger partial charge < -0.3 is 29.4 Å². The molecule has 244 valence electrons. The quantitative estimate of drug-likeness (QED) is 0.229. The molecule has 46 heavy (non-hydrogen) atoms. The molecule has 0 amide bonds. The SMILES string of the molecule is COc1nc(N2CCc3cc(-c4c(C)nc(C)c([C@H](OC(C)(C)C)C(=O)O)c4N4CCC(C)(C)CC4)ccc3C2)c2cc[nH]c2n1. The second-order valence-electron chi connectivity index (χ2n) is 14.4. The molecular weight excluding hydrogens is 580 g/mol. The van der Waals surface area contributed by atoms with Gasteiger partial charge in [-0.05, 0) is 82.1 Å². The number of aliphatic carboxylic acids is 1. The number of pyridine rings is 1. The number of hydrogen-bond acceptors (Lipinski definition) is 8. The molecule has 2 N–H and O–H groups in total. The molecule has 1 fully saturated rings. The van der Waals surface area contributed by atoms with Crippen LogP contribution in [0, 0.1) is 19.3 Å². The van der Waals surface area contributed by atoms with Gasteiger partial charge in [0, 0.05) is 54.9 Å². The highest BCUT2D eigenvalue weighted by atomic mass is 16.5. The summed E-state index contributed by atoms with van der Waals surface area (Å²) in [4.78, 5) is 34.8. The second kappa shape index (κ2) is 11.9. The van der Waals surface area contributed by atoms with Crippen LogP contribution in [0.5, 0.6) is 6.01 Å². The molecule has 1 aromatic carbocycles. The zero-order chi connectivity index (χ0) is 33.0. The molecule has 0 unspecified atom stereocenters. The molecule has 10 nitrogen and oxygen atoms in total. The van der Waals surface area contributed by atoms with Gasteiger partial charge in [-0.15, -0.1) is 0 Å². The molecule has 0 aliphatic carbocycles. The largest absolute Gasteiger partial charge is 0.479 e. The van der Waals surface area contributed by atoms with Crippen LogP contribution in [0.1, 0.15) is 81.6 Å². The number of hydrogen-bond donors (Lipinski definition) is 2. The normalized spacial score (nSPS) is 17.2. The van der Waals surface area contributed by atoms with Gasteiger partial charge >= 0.3 is 12.0 Å². The fraction of sp³-hybridized carbons (Fsp3) is 0.500. The number of aromatic amines is 1. The van der Waals surface area contributed by atoms with Crippen molar-refractivity contribution < 1.29 is 19.4 Å². The van der Waals surface area contributed by atoms with E-state index in [1.807, 2.05) is 46.9 Å². The number of aromatic nitrogens is 4. The van der Waals surface area contributed by atoms with Crippen LogP contribution in [0.4, 0.5) is 11.5 Å². The highest BCUT2D eigenvalue weighted by Gasteiger charge is 2.36. The molecule has 5 heterocycles. The second-order valence-corrected chi connectivity index (χ2v) is 14.4. The van der Waals surface area contributed by atoms with Gasteiger partial charge in [0.1, 0.15) is 11.5 Å². The summed E-state index contributed by atoms with van der Waals surface area (Å²) in [7, 11) is 1.58. The Morgan fingerprint density at radius 1 is 1.00 bits per heavy atom. The fourth-order valence-corrected chi connectivity index (χ4v) is 6.88. The van der Waals surface area contributed by atoms with E-state index in [4.69, 9.17) is 19.4 Å². The van der Waals surface area contributed by atoms with Crippen molar-refractivity contribution in [1.82, 2.24) is 19.9 Å². The number of H-pyrrole nitrogens is 1. The van der Waals surface area contributed by atoms with Gasteiger partial charge in [-0.3, -0.25) is 4.98 Å². The van der Waals surface area contributed by atoms with Gasteiger partial charge in [-0.1, -0.05) is 32.0 Å². The number of fused-ring (bicyclic) bond motifs is 2. The number of ether oxygens (including phenoxy) is 2. The van der Waals surface area contributed by atoms with E-state index in [0.29, 0.717) is 23.8 Å². The number of carbonyl (C=O) groups is 1. The molecule has 4 aromatic rings. The van der Waals surface area contributed by atoms with Crippen molar-refractivity contribution in [2.75, 3.05) is 36.5 Å². The summed E-state index contributed by atoms with van der Waals surface area (Å²) in [6.45, 7) is 17.4. The summed E-state index contributed by atoms with van der Waals surface area (Å²) >= 11 is 0. The van der Waals surface area contributed by atoms with Crippen LogP contribution in [0.3, 0.4) is 0 Å². The summed E-state index contributed by atoms with van der Waals surface area (Å²) < 4.78 is 11.7. The lowest BCUT2D eigenvalue weighted by molar-refractivity contribution is -0.160. The Bertz CT molecular complexity index is 1780. The molecule has 0 radical (unpaired) electrons. The van der Waals surface area contributed by atoms with E-state index in [2.05, 4.69) is 51.8 Å². The summed E-state index contributed by atoms with van der Waals surface area (Å²) in [6, 6.07) is 8.99. The minimum absolute atomic E-state index is 0.236. The topological polar surface area (TPSA) is 117 Å². The molecule has 6 rings (SSSR count). The average molecular weight is 627 g/mol. The number of rotatable bonds is 7. The Morgan fingerprint density at radius 3 is 2.41 bits per heavy atom. The number of methoxy groups -OCH3 is 1. The van der Waals surface area contributed by atoms with E-state index in [1.54, 1.807) is 7.11 Å². The molecular formula is C36H46N6O4. The van der Waals surface area contributed by atoms with Crippen molar-refractivity contribution in [3.63, 3.8) is 0 Å². The third-order valence-electron chi connectivity index (χ3n) is 9.33. The first-order valence-electron chi connectivity index (χ1n) is 16.2. The third kappa shape index (κ3) is 6.15. The monoisotopic (exact) mass is 626 g/mol. The highest BCUT2D eigenvalue weighted by Crippen LogP contribution is 2.45. The van der Waals surface area contributed by atoms with Crippen molar-refractivity contribution in [1.29, 1.82) is 0 Å². The Labute approximate surface area is 271 Å². The lowest BCUT2D eigenvalue weighted by atomic mass is 9.81. The number of nitrogens with zero attached hydrogens (tertiary/aromatic N) is 5. The van der Waals surface area contributed by atoms with Crippen molar-refractivity contribution in [3.05, 3.63) is 58.5 Å². The molecule has 10 heteroatoms. The summed E-state index contributed by atoms with van der Waals surface area (Å²) in [6.07, 6.45) is 3.61. The maximum Gasteiger partial charge on any atom is 0.337 e. The first-order chi connectivity index (χ1) is 21.7. The van der Waals surface area contributed by atoms with Crippen LogP contribution in [-0.4, -0.2) is 63.4 Å². The summed E-state index contributed by atoms with van der Waals surface area (Å²) in [5.74, 6) is -0.147. The lowest BCUT2D eigenvalue weighted by Crippen LogP contribution is -2.39. The predicted octanol–water partition coefficient (Wildman–Crippen LogP) is 6.78. The number of aryl methyl sites for hydroxylation is 2. The van der Waals surface area contributed by atoms with Gasteiger partial charge in [0.05, 0.1) is 23.8 Å². The minimum Gasteiger partial charge on any atom is -0.479 e. The molecule has 2 aliphatic rings. The first-order valence-corrected chi connectivity index (χ1v) is 16.2. The molecule has 0 spiro atoms. The fourth-order valence-electron chi connectivity index (χ4n) is 6.88. The van der Waals surface area contributed by atoms with Crippen molar-refractivity contribution in [2.45, 2.75) is 86.0 Å². The summed E-state index contributed by atoms with van der Waals surface area (Å²) in [5, 5.41) is 11.5. The number of anilines is 2. The number of benzene rings is 1. The van der Waals surface area contributed by atoms with Crippen molar-refractivity contribution >= 4 is 28.5 Å². The van der Waals surface area contributed by atoms with Crippen LogP contribution >= 0.6 is 0 Å². The minimum atomic E-state index is -1.14. The third-order valence-corrected chi connectivity index (χ3v) is 9.33. The van der Waals surface area contributed by atoms with Gasteiger partial charge in [0.2, 0.25) is 0 Å². The molecule has 0 bridgehead atoms. The van der Waals surface area contributed by atoms with Crippen LogP contribution in [0.15, 0.2) is 30.5 Å². The van der Waals surface area contributed by atoms with Gasteiger partial charge in [-0.2, -0.15) is 9.97 Å². The number of carboxylic acid groups (broad SMARTS) is 1. The van der Waals surface area contributed by atoms with Gasteiger partial charge in [0.15, 0.2) is 6.10 Å². The molecule has 1 atom stereocenters. The highest BCUT2D eigenvalue weighted by molar-refractivity contribution is 5.89. The Morgan fingerprint density at radius 2 is 1.74 bits per heavy atom. The lowest BCUT2D eigenvalue weighted by Gasteiger charge is -2.41. The van der Waals surface area contributed by atoms with E-state index in [1.165, 1.54) is 11.1 Å². The van der Waals surface area contributed by atoms with Crippen LogP contribution in [0.2, 0.25) is 0 Å². The number of nitrogens with one attached hydrogen (secondary N) is 1. The molecule has 2 aliphatic heterocycles. The van der Waals surface area contributed by atoms with Gasteiger partial charge in [0.25, 0.3) is 0 Å². The van der Waals surface area contributed by atoms with E-state index < -0.39 is 17.7 Å². The zero-order valence-corrected chi connectivity index (χ0v) is 28.3. The van der Waals surface area contributed by atoms with Crippen LogP contribution in [0.25, 0.3) is 22.2 Å². The van der Waals surface area contributed by atoms with Crippen molar-refractivity contribution in [3.8, 4) is 17.1 Å². The zero-order valence-electron chi connectivity index (χ0n) is 28.3. The molecule has 0 saturated carbocycles. The van der Waals surface area contributed by atoms with Crippen LogP contribution in [-0.2, 0) is 22.5 Å². The van der Waals surface area contributed by atoms with E-state index in [-0.39, 0.29) is 5.41 Å². The predicted molar refractivity (Wildman–Crippen MR) is 181 cm³/mol. The van der Waals surface area contributed by atoms with Crippen LogP contribution < -0.4 is 14.5 Å². The van der Waals surface area contributed by atoms with Gasteiger partial charge in [-0.25, -0.2) is 4.79 Å². The molecule has 3 aromatic heterocycles.